The molecule has 0 saturated carbocycles. The predicted octanol–water partition coefficient (Wildman–Crippen LogP) is 0.654. The van der Waals surface area contributed by atoms with Gasteiger partial charge in [0, 0.05) is 12.1 Å². The summed E-state index contributed by atoms with van der Waals surface area (Å²) in [5.41, 5.74) is 5.14. The number of amidine groups is 1. The number of carbonyl (C=O) groups is 2. The van der Waals surface area contributed by atoms with Crippen LogP contribution in [0.1, 0.15) is 29.0 Å². The van der Waals surface area contributed by atoms with Crippen LogP contribution < -0.4 is 10.9 Å². The Morgan fingerprint density at radius 2 is 1.96 bits per heavy atom. The number of carbonyl (C=O) groups excluding carboxylic acids is 2. The van der Waals surface area contributed by atoms with Gasteiger partial charge in [-0.1, -0.05) is 12.1 Å². The molecule has 4 rings (SSSR count). The summed E-state index contributed by atoms with van der Waals surface area (Å²) in [6, 6.07) is 8.92. The normalized spacial score (nSPS) is 20.1. The molecule has 1 saturated heterocycles. The van der Waals surface area contributed by atoms with Gasteiger partial charge in [-0.2, -0.15) is 8.42 Å². The number of hydrogen-bond acceptors (Lipinski definition) is 6. The van der Waals surface area contributed by atoms with Crippen molar-refractivity contribution >= 4 is 27.7 Å². The van der Waals surface area contributed by atoms with Crippen molar-refractivity contribution in [2.24, 2.45) is 4.40 Å². The van der Waals surface area contributed by atoms with Crippen LogP contribution in [0.5, 0.6) is 0 Å². The van der Waals surface area contributed by atoms with E-state index in [2.05, 4.69) is 15.2 Å². The lowest BCUT2D eigenvalue weighted by Gasteiger charge is -2.25. The molecule has 0 radical (unpaired) electrons. The molecule has 2 N–H and O–H groups in total. The van der Waals surface area contributed by atoms with E-state index in [4.69, 9.17) is 4.42 Å². The number of nitrogens with one attached hydrogen (secondary N) is 2. The van der Waals surface area contributed by atoms with Gasteiger partial charge in [0.25, 0.3) is 15.9 Å². The van der Waals surface area contributed by atoms with Gasteiger partial charge in [0.2, 0.25) is 0 Å². The smallest absolute Gasteiger partial charge is 0.305 e. The van der Waals surface area contributed by atoms with Crippen molar-refractivity contribution in [1.82, 2.24) is 15.8 Å². The van der Waals surface area contributed by atoms with E-state index < -0.39 is 27.9 Å². The van der Waals surface area contributed by atoms with Crippen molar-refractivity contribution in [3.63, 3.8) is 0 Å². The van der Waals surface area contributed by atoms with Crippen LogP contribution in [0, 0.1) is 0 Å². The summed E-state index contributed by atoms with van der Waals surface area (Å²) in [7, 11) is -3.76. The minimum Gasteiger partial charge on any atom is -0.459 e. The predicted molar refractivity (Wildman–Crippen MR) is 94.2 cm³/mol. The van der Waals surface area contributed by atoms with E-state index in [1.54, 1.807) is 29.2 Å². The standard InChI is InChI=1S/C17H16N4O5S/c22-16(18-19-17(23)13-7-4-10-26-13)12-6-3-9-21(12)15-11-5-1-2-8-14(11)27(24,25)20-15/h1-2,4-5,7-8,10,12H,3,6,9H2,(H,18,22)(H,19,23)/t12-/m0/s1. The highest BCUT2D eigenvalue weighted by Crippen LogP contribution is 2.31. The molecule has 0 unspecified atom stereocenters. The van der Waals surface area contributed by atoms with Gasteiger partial charge in [0.15, 0.2) is 11.6 Å². The molecule has 1 fully saturated rings. The Kier molecular flexibility index (Phi) is 4.19. The number of nitrogens with zero attached hydrogens (tertiary/aromatic N) is 2. The molecule has 1 aromatic heterocycles. The molecule has 1 atom stereocenters. The van der Waals surface area contributed by atoms with E-state index in [9.17, 15) is 18.0 Å². The molecular formula is C17H16N4O5S. The quantitative estimate of drug-likeness (QED) is 0.729. The van der Waals surface area contributed by atoms with Gasteiger partial charge in [-0.25, -0.2) is 0 Å². The number of benzene rings is 1. The maximum absolute atomic E-state index is 12.6. The highest BCUT2D eigenvalue weighted by atomic mass is 32.2. The van der Waals surface area contributed by atoms with Crippen LogP contribution in [0.4, 0.5) is 0 Å². The summed E-state index contributed by atoms with van der Waals surface area (Å²) in [5, 5.41) is 0. The second kappa shape index (κ2) is 6.54. The SMILES string of the molecule is O=C(NNC(=O)[C@@H]1CCCN1C1=NS(=O)(=O)c2ccccc21)c1ccco1. The molecular weight excluding hydrogens is 372 g/mol. The van der Waals surface area contributed by atoms with Crippen LogP contribution in [-0.2, 0) is 14.8 Å². The highest BCUT2D eigenvalue weighted by Gasteiger charge is 2.39. The number of hydrazine groups is 1. The molecule has 10 heteroatoms. The monoisotopic (exact) mass is 388 g/mol. The summed E-state index contributed by atoms with van der Waals surface area (Å²) in [5.74, 6) is -0.694. The largest absolute Gasteiger partial charge is 0.459 e. The lowest BCUT2D eigenvalue weighted by Crippen LogP contribution is -2.51. The first-order chi connectivity index (χ1) is 13.0. The third-order valence-corrected chi connectivity index (χ3v) is 5.81. The van der Waals surface area contributed by atoms with Crippen LogP contribution in [0.15, 0.2) is 56.4 Å². The molecule has 2 aromatic rings. The Bertz CT molecular complexity index is 1030. The Hall–Kier alpha value is -3.14. The Balaban J connectivity index is 1.51. The van der Waals surface area contributed by atoms with Gasteiger partial charge in [-0.15, -0.1) is 4.40 Å². The third-order valence-electron chi connectivity index (χ3n) is 4.48. The van der Waals surface area contributed by atoms with Crippen molar-refractivity contribution in [3.05, 3.63) is 54.0 Å². The van der Waals surface area contributed by atoms with Crippen molar-refractivity contribution < 1.29 is 22.4 Å². The van der Waals surface area contributed by atoms with Crippen molar-refractivity contribution in [2.45, 2.75) is 23.8 Å². The second-order valence-corrected chi connectivity index (χ2v) is 7.73. The zero-order valence-electron chi connectivity index (χ0n) is 14.1. The molecule has 1 aromatic carbocycles. The summed E-state index contributed by atoms with van der Waals surface area (Å²) in [4.78, 5) is 26.2. The molecule has 2 aliphatic rings. The zero-order chi connectivity index (χ0) is 19.0. The van der Waals surface area contributed by atoms with E-state index in [0.717, 1.165) is 0 Å². The molecule has 27 heavy (non-hydrogen) atoms. The molecule has 0 bridgehead atoms. The molecule has 2 aliphatic heterocycles. The first kappa shape index (κ1) is 17.3. The summed E-state index contributed by atoms with van der Waals surface area (Å²) in [6.07, 6.45) is 2.57. The van der Waals surface area contributed by atoms with Gasteiger partial charge >= 0.3 is 5.91 Å². The maximum Gasteiger partial charge on any atom is 0.305 e. The Morgan fingerprint density at radius 3 is 2.74 bits per heavy atom. The number of furan rings is 1. The first-order valence-corrected chi connectivity index (χ1v) is 9.76. The molecule has 9 nitrogen and oxygen atoms in total. The number of sulfonamides is 1. The van der Waals surface area contributed by atoms with Crippen LogP contribution in [0.3, 0.4) is 0 Å². The van der Waals surface area contributed by atoms with Crippen molar-refractivity contribution in [1.29, 1.82) is 0 Å². The molecule has 0 aliphatic carbocycles. The molecule has 2 amide bonds. The average Bonchev–Trinajstić information content (AvgIpc) is 3.39. The fraction of sp³-hybridized carbons (Fsp3) is 0.235. The minimum absolute atomic E-state index is 0.0683. The number of rotatable bonds is 2. The molecule has 0 spiro atoms. The summed E-state index contributed by atoms with van der Waals surface area (Å²) < 4.78 is 33.4. The maximum atomic E-state index is 12.6. The lowest BCUT2D eigenvalue weighted by molar-refractivity contribution is -0.125. The van der Waals surface area contributed by atoms with Gasteiger partial charge < -0.3 is 9.32 Å². The Labute approximate surface area is 155 Å². The van der Waals surface area contributed by atoms with Gasteiger partial charge in [-0.3, -0.25) is 20.4 Å². The van der Waals surface area contributed by atoms with Crippen LogP contribution in [0.25, 0.3) is 0 Å². The van der Waals surface area contributed by atoms with E-state index in [-0.39, 0.29) is 16.5 Å². The number of fused-ring (bicyclic) bond motifs is 1. The third kappa shape index (κ3) is 3.08. The minimum atomic E-state index is -3.76. The number of hydrogen-bond donors (Lipinski definition) is 2. The Morgan fingerprint density at radius 1 is 1.15 bits per heavy atom. The summed E-state index contributed by atoms with van der Waals surface area (Å²) >= 11 is 0. The summed E-state index contributed by atoms with van der Waals surface area (Å²) in [6.45, 7) is 0.493. The fourth-order valence-corrected chi connectivity index (χ4v) is 4.48. The fourth-order valence-electron chi connectivity index (χ4n) is 3.26. The topological polar surface area (TPSA) is 121 Å². The van der Waals surface area contributed by atoms with Crippen molar-refractivity contribution in [3.8, 4) is 0 Å². The van der Waals surface area contributed by atoms with Gasteiger partial charge in [-0.05, 0) is 37.1 Å². The highest BCUT2D eigenvalue weighted by molar-refractivity contribution is 7.90. The van der Waals surface area contributed by atoms with Gasteiger partial charge in [0.1, 0.15) is 10.9 Å². The van der Waals surface area contributed by atoms with Crippen molar-refractivity contribution in [2.75, 3.05) is 6.54 Å². The molecule has 3 heterocycles. The van der Waals surface area contributed by atoms with Crippen LogP contribution in [-0.4, -0.2) is 43.6 Å². The average molecular weight is 388 g/mol. The number of likely N-dealkylation sites (tertiary alicyclic amines) is 1. The zero-order valence-corrected chi connectivity index (χ0v) is 14.9. The van der Waals surface area contributed by atoms with E-state index in [0.29, 0.717) is 24.9 Å². The van der Waals surface area contributed by atoms with E-state index in [1.807, 2.05) is 0 Å². The second-order valence-electron chi connectivity index (χ2n) is 6.16. The van der Waals surface area contributed by atoms with E-state index in [1.165, 1.54) is 18.4 Å². The molecule has 140 valence electrons. The lowest BCUT2D eigenvalue weighted by atomic mass is 10.1. The first-order valence-electron chi connectivity index (χ1n) is 8.32. The van der Waals surface area contributed by atoms with Crippen LogP contribution in [0.2, 0.25) is 0 Å². The van der Waals surface area contributed by atoms with Gasteiger partial charge in [0.05, 0.1) is 6.26 Å². The van der Waals surface area contributed by atoms with E-state index >= 15 is 0 Å². The van der Waals surface area contributed by atoms with Crippen LogP contribution >= 0.6 is 0 Å². The number of amides is 2.